The summed E-state index contributed by atoms with van der Waals surface area (Å²) in [5.74, 6) is 0.0363. The quantitative estimate of drug-likeness (QED) is 0.537. The Morgan fingerprint density at radius 1 is 1.58 bits per heavy atom. The van der Waals surface area contributed by atoms with E-state index >= 15 is 0 Å². The summed E-state index contributed by atoms with van der Waals surface area (Å²) in [6, 6.07) is 0. The number of hydrogen-bond acceptors (Lipinski definition) is 5. The fourth-order valence-corrected chi connectivity index (χ4v) is 2.78. The van der Waals surface area contributed by atoms with Crippen molar-refractivity contribution in [3.05, 3.63) is 12.0 Å². The van der Waals surface area contributed by atoms with Gasteiger partial charge in [0.2, 0.25) is 0 Å². The maximum atomic E-state index is 11.4. The van der Waals surface area contributed by atoms with Crippen LogP contribution in [0.4, 0.5) is 0 Å². The number of aryl methyl sites for hydroxylation is 1. The van der Waals surface area contributed by atoms with Crippen LogP contribution in [0.2, 0.25) is 0 Å². The van der Waals surface area contributed by atoms with E-state index in [4.69, 9.17) is 4.42 Å². The summed E-state index contributed by atoms with van der Waals surface area (Å²) in [4.78, 5) is 15.6. The fourth-order valence-electron chi connectivity index (χ4n) is 1.99. The van der Waals surface area contributed by atoms with Gasteiger partial charge in [0.1, 0.15) is 11.8 Å². The molecule has 1 aromatic rings. The molecule has 19 heavy (non-hydrogen) atoms. The van der Waals surface area contributed by atoms with Gasteiger partial charge in [0.25, 0.3) is 5.22 Å². The molecule has 1 heterocycles. The topological polar surface area (TPSA) is 75.4 Å². The second kappa shape index (κ2) is 7.55. The summed E-state index contributed by atoms with van der Waals surface area (Å²) < 4.78 is 5.24. The van der Waals surface area contributed by atoms with Crippen molar-refractivity contribution in [3.8, 4) is 0 Å². The number of carbonyl (C=O) groups is 1. The lowest BCUT2D eigenvalue weighted by molar-refractivity contribution is -0.145. The van der Waals surface area contributed by atoms with E-state index in [2.05, 4.69) is 10.3 Å². The third-order valence-electron chi connectivity index (χ3n) is 3.10. The van der Waals surface area contributed by atoms with Crippen LogP contribution in [0.3, 0.4) is 0 Å². The predicted molar refractivity (Wildman–Crippen MR) is 75.5 cm³/mol. The first kappa shape index (κ1) is 16.0. The molecule has 2 N–H and O–H groups in total. The molecule has 0 spiro atoms. The van der Waals surface area contributed by atoms with Crippen LogP contribution in [0, 0.1) is 6.92 Å². The number of carboxylic acid groups (broad SMARTS) is 1. The number of thioether (sulfide) groups is 1. The van der Waals surface area contributed by atoms with E-state index in [0.29, 0.717) is 24.6 Å². The highest BCUT2D eigenvalue weighted by molar-refractivity contribution is 7.99. The Balaban J connectivity index is 2.42. The normalized spacial score (nSPS) is 14.3. The lowest BCUT2D eigenvalue weighted by Gasteiger charge is -2.29. The molecular formula is C13H22N2O3S. The number of aromatic nitrogens is 1. The Kier molecular flexibility index (Phi) is 6.37. The van der Waals surface area contributed by atoms with Crippen LogP contribution >= 0.6 is 11.8 Å². The van der Waals surface area contributed by atoms with Crippen LogP contribution in [-0.2, 0) is 4.79 Å². The highest BCUT2D eigenvalue weighted by Crippen LogP contribution is 2.23. The number of likely N-dealkylation sites (N-methyl/N-ethyl adjacent to an activating group) is 1. The van der Waals surface area contributed by atoms with Crippen molar-refractivity contribution in [1.82, 2.24) is 10.3 Å². The molecule has 1 rings (SSSR count). The molecule has 0 radical (unpaired) electrons. The Hall–Kier alpha value is -1.01. The molecule has 0 saturated heterocycles. The van der Waals surface area contributed by atoms with Gasteiger partial charge in [-0.1, -0.05) is 25.6 Å². The van der Waals surface area contributed by atoms with Gasteiger partial charge in [0.15, 0.2) is 0 Å². The molecule has 0 bridgehead atoms. The van der Waals surface area contributed by atoms with Crippen molar-refractivity contribution in [1.29, 1.82) is 0 Å². The molecule has 108 valence electrons. The third kappa shape index (κ3) is 4.54. The SMILES string of the molecule is CCNC(CC)(CCCSc1nc(C)co1)C(=O)O. The standard InChI is InChI=1S/C13H22N2O3S/c1-4-13(11(16)17,14-5-2)7-6-8-19-12-15-10(3)9-18-12/h9,14H,4-8H2,1-3H3,(H,16,17). The van der Waals surface area contributed by atoms with Crippen molar-refractivity contribution in [2.75, 3.05) is 12.3 Å². The molecule has 1 unspecified atom stereocenters. The molecule has 1 aromatic heterocycles. The van der Waals surface area contributed by atoms with Gasteiger partial charge < -0.3 is 14.8 Å². The summed E-state index contributed by atoms with van der Waals surface area (Å²) in [5, 5.41) is 13.1. The number of nitrogens with zero attached hydrogens (tertiary/aromatic N) is 1. The summed E-state index contributed by atoms with van der Waals surface area (Å²) in [6.07, 6.45) is 3.62. The van der Waals surface area contributed by atoms with Crippen LogP contribution in [0.1, 0.15) is 38.8 Å². The average Bonchev–Trinajstić information content (AvgIpc) is 2.78. The number of rotatable bonds is 9. The summed E-state index contributed by atoms with van der Waals surface area (Å²) in [5.41, 5.74) is 0.0607. The molecule has 0 aliphatic rings. The number of hydrogen-bond donors (Lipinski definition) is 2. The monoisotopic (exact) mass is 286 g/mol. The molecular weight excluding hydrogens is 264 g/mol. The van der Waals surface area contributed by atoms with E-state index in [1.807, 2.05) is 20.8 Å². The van der Waals surface area contributed by atoms with Crippen molar-refractivity contribution in [2.45, 2.75) is 50.8 Å². The molecule has 6 heteroatoms. The first-order chi connectivity index (χ1) is 9.04. The smallest absolute Gasteiger partial charge is 0.323 e. The van der Waals surface area contributed by atoms with Crippen molar-refractivity contribution < 1.29 is 14.3 Å². The third-order valence-corrected chi connectivity index (χ3v) is 4.03. The maximum Gasteiger partial charge on any atom is 0.323 e. The number of aliphatic carboxylic acids is 1. The molecule has 0 fully saturated rings. The molecule has 0 amide bonds. The molecule has 0 aromatic carbocycles. The van der Waals surface area contributed by atoms with Gasteiger partial charge in [-0.25, -0.2) is 4.98 Å². The van der Waals surface area contributed by atoms with Crippen LogP contribution in [0.5, 0.6) is 0 Å². The van der Waals surface area contributed by atoms with Gasteiger partial charge in [-0.15, -0.1) is 0 Å². The van der Waals surface area contributed by atoms with Crippen molar-refractivity contribution in [2.24, 2.45) is 0 Å². The fraction of sp³-hybridized carbons (Fsp3) is 0.692. The lowest BCUT2D eigenvalue weighted by atomic mass is 9.91. The van der Waals surface area contributed by atoms with Gasteiger partial charge >= 0.3 is 5.97 Å². The molecule has 0 aliphatic carbocycles. The van der Waals surface area contributed by atoms with Crippen molar-refractivity contribution in [3.63, 3.8) is 0 Å². The van der Waals surface area contributed by atoms with E-state index in [0.717, 1.165) is 17.9 Å². The zero-order chi connectivity index (χ0) is 14.3. The average molecular weight is 286 g/mol. The first-order valence-corrected chi connectivity index (χ1v) is 7.56. The second-order valence-electron chi connectivity index (χ2n) is 4.48. The van der Waals surface area contributed by atoms with Crippen LogP contribution < -0.4 is 5.32 Å². The molecule has 1 atom stereocenters. The van der Waals surface area contributed by atoms with Gasteiger partial charge in [0, 0.05) is 5.75 Å². The zero-order valence-electron chi connectivity index (χ0n) is 11.7. The van der Waals surface area contributed by atoms with Crippen LogP contribution in [-0.4, -0.2) is 33.9 Å². The van der Waals surface area contributed by atoms with Gasteiger partial charge in [-0.2, -0.15) is 0 Å². The van der Waals surface area contributed by atoms with E-state index in [-0.39, 0.29) is 0 Å². The van der Waals surface area contributed by atoms with E-state index in [1.165, 1.54) is 11.8 Å². The minimum absolute atomic E-state index is 0.582. The first-order valence-electron chi connectivity index (χ1n) is 6.57. The second-order valence-corrected chi connectivity index (χ2v) is 5.52. The Morgan fingerprint density at radius 2 is 2.32 bits per heavy atom. The lowest BCUT2D eigenvalue weighted by Crippen LogP contribution is -2.51. The Bertz CT molecular complexity index is 408. The zero-order valence-corrected chi connectivity index (χ0v) is 12.5. The summed E-state index contributed by atoms with van der Waals surface area (Å²) in [7, 11) is 0. The van der Waals surface area contributed by atoms with Crippen LogP contribution in [0.15, 0.2) is 15.9 Å². The number of carboxylic acids is 1. The highest BCUT2D eigenvalue weighted by atomic mass is 32.2. The van der Waals surface area contributed by atoms with Crippen molar-refractivity contribution >= 4 is 17.7 Å². The Labute approximate surface area is 118 Å². The molecule has 5 nitrogen and oxygen atoms in total. The largest absolute Gasteiger partial charge is 0.480 e. The molecule has 0 saturated carbocycles. The van der Waals surface area contributed by atoms with Gasteiger partial charge in [0.05, 0.1) is 5.69 Å². The van der Waals surface area contributed by atoms with E-state index in [9.17, 15) is 9.90 Å². The number of nitrogens with one attached hydrogen (secondary N) is 1. The summed E-state index contributed by atoms with van der Waals surface area (Å²) >= 11 is 1.52. The minimum atomic E-state index is -0.804. The highest BCUT2D eigenvalue weighted by Gasteiger charge is 2.34. The van der Waals surface area contributed by atoms with E-state index < -0.39 is 11.5 Å². The maximum absolute atomic E-state index is 11.4. The number of oxazole rings is 1. The summed E-state index contributed by atoms with van der Waals surface area (Å²) in [6.45, 7) is 6.37. The molecule has 0 aliphatic heterocycles. The van der Waals surface area contributed by atoms with Gasteiger partial charge in [-0.3, -0.25) is 4.79 Å². The minimum Gasteiger partial charge on any atom is -0.480 e. The predicted octanol–water partition coefficient (Wildman–Crippen LogP) is 2.70. The van der Waals surface area contributed by atoms with Crippen LogP contribution in [0.25, 0.3) is 0 Å². The Morgan fingerprint density at radius 3 is 2.79 bits per heavy atom. The van der Waals surface area contributed by atoms with E-state index in [1.54, 1.807) is 6.26 Å². The van der Waals surface area contributed by atoms with Gasteiger partial charge in [-0.05, 0) is 32.7 Å².